The van der Waals surface area contributed by atoms with Crippen LogP contribution < -0.4 is 22.1 Å². The lowest BCUT2D eigenvalue weighted by Gasteiger charge is -2.15. The van der Waals surface area contributed by atoms with Crippen LogP contribution in [0.2, 0.25) is 0 Å². The fourth-order valence-corrected chi connectivity index (χ4v) is 4.74. The first-order valence-corrected chi connectivity index (χ1v) is 14.5. The zero-order valence-corrected chi connectivity index (χ0v) is 25.2. The maximum atomic E-state index is 13.3. The second-order valence-corrected chi connectivity index (χ2v) is 10.9. The summed E-state index contributed by atoms with van der Waals surface area (Å²) < 4.78 is 0. The lowest BCUT2D eigenvalue weighted by Crippen LogP contribution is -2.22. The SMILES string of the molecule is CCNC(=O)c1ccc(-c2cc(N)c(C=NCCC(C)(C)O)cc2NC(=O)c2csc(-c3ccccc3)n2)cc1.NC=O. The van der Waals surface area contributed by atoms with Crippen LogP contribution in [-0.4, -0.2) is 53.2 Å². The monoisotopic (exact) mass is 600 g/mol. The summed E-state index contributed by atoms with van der Waals surface area (Å²) >= 11 is 1.40. The van der Waals surface area contributed by atoms with Crippen LogP contribution in [0.5, 0.6) is 0 Å². The molecule has 4 rings (SSSR count). The minimum absolute atomic E-state index is 0.155. The summed E-state index contributed by atoms with van der Waals surface area (Å²) in [6.45, 7) is 6.30. The molecule has 0 atom stereocenters. The molecule has 0 unspecified atom stereocenters. The third kappa shape index (κ3) is 9.59. The summed E-state index contributed by atoms with van der Waals surface area (Å²) in [6, 6.07) is 20.4. The normalized spacial score (nSPS) is 11.0. The number of nitrogens with zero attached hydrogens (tertiary/aromatic N) is 2. The highest BCUT2D eigenvalue weighted by atomic mass is 32.1. The first kappa shape index (κ1) is 32.6. The molecule has 0 saturated heterocycles. The van der Waals surface area contributed by atoms with Crippen molar-refractivity contribution in [3.8, 4) is 21.7 Å². The van der Waals surface area contributed by atoms with Crippen molar-refractivity contribution >= 4 is 47.2 Å². The number of aliphatic hydroxyl groups is 1. The van der Waals surface area contributed by atoms with Crippen molar-refractivity contribution in [3.05, 3.63) is 88.9 Å². The van der Waals surface area contributed by atoms with E-state index in [-0.39, 0.29) is 18.2 Å². The molecule has 10 nitrogen and oxygen atoms in total. The van der Waals surface area contributed by atoms with Gasteiger partial charge in [0.05, 0.1) is 5.60 Å². The minimum Gasteiger partial charge on any atom is -0.398 e. The number of rotatable bonds is 10. The van der Waals surface area contributed by atoms with E-state index in [1.807, 2.05) is 49.4 Å². The molecule has 0 bridgehead atoms. The van der Waals surface area contributed by atoms with E-state index in [4.69, 9.17) is 10.5 Å². The molecule has 0 aliphatic rings. The quantitative estimate of drug-likeness (QED) is 0.0999. The fraction of sp³-hybridized carbons (Fsp3) is 0.219. The molecule has 0 fully saturated rings. The Labute approximate surface area is 254 Å². The number of carbonyl (C=O) groups is 3. The van der Waals surface area contributed by atoms with Gasteiger partial charge in [-0.15, -0.1) is 11.3 Å². The van der Waals surface area contributed by atoms with Crippen LogP contribution in [0.25, 0.3) is 21.7 Å². The number of nitrogens with two attached hydrogens (primary N) is 2. The first-order valence-electron chi connectivity index (χ1n) is 13.6. The number of amides is 3. The van der Waals surface area contributed by atoms with E-state index < -0.39 is 5.60 Å². The van der Waals surface area contributed by atoms with Gasteiger partial charge in [0.1, 0.15) is 10.7 Å². The number of hydrogen-bond acceptors (Lipinski definition) is 8. The Hall–Kier alpha value is -4.87. The van der Waals surface area contributed by atoms with Crippen LogP contribution in [-0.2, 0) is 4.79 Å². The summed E-state index contributed by atoms with van der Waals surface area (Å²) in [4.78, 5) is 43.1. The molecule has 1 heterocycles. The highest BCUT2D eigenvalue weighted by molar-refractivity contribution is 7.13. The number of aromatic nitrogens is 1. The number of nitrogen functional groups attached to an aromatic ring is 1. The third-order valence-electron chi connectivity index (χ3n) is 6.11. The van der Waals surface area contributed by atoms with E-state index in [9.17, 15) is 14.7 Å². The number of aliphatic imine (C=N–C) groups is 1. The van der Waals surface area contributed by atoms with Gasteiger partial charge in [0.2, 0.25) is 6.41 Å². The molecule has 0 aliphatic carbocycles. The molecule has 1 aromatic heterocycles. The highest BCUT2D eigenvalue weighted by Gasteiger charge is 2.17. The Morgan fingerprint density at radius 2 is 1.72 bits per heavy atom. The van der Waals surface area contributed by atoms with Gasteiger partial charge in [-0.2, -0.15) is 0 Å². The number of carbonyl (C=O) groups excluding carboxylic acids is 3. The van der Waals surface area contributed by atoms with Crippen LogP contribution in [0.4, 0.5) is 11.4 Å². The Kier molecular flexibility index (Phi) is 11.7. The number of benzene rings is 3. The molecule has 0 spiro atoms. The van der Waals surface area contributed by atoms with Crippen molar-refractivity contribution in [3.63, 3.8) is 0 Å². The smallest absolute Gasteiger partial charge is 0.275 e. The van der Waals surface area contributed by atoms with Crippen LogP contribution in [0.3, 0.4) is 0 Å². The van der Waals surface area contributed by atoms with E-state index in [2.05, 4.69) is 26.3 Å². The van der Waals surface area contributed by atoms with Gasteiger partial charge in [-0.25, -0.2) is 4.98 Å². The topological polar surface area (TPSA) is 173 Å². The fourth-order valence-electron chi connectivity index (χ4n) is 3.93. The van der Waals surface area contributed by atoms with Crippen molar-refractivity contribution in [1.29, 1.82) is 0 Å². The number of hydrogen-bond donors (Lipinski definition) is 5. The van der Waals surface area contributed by atoms with Gasteiger partial charge in [-0.1, -0.05) is 42.5 Å². The van der Waals surface area contributed by atoms with Crippen LogP contribution >= 0.6 is 11.3 Å². The van der Waals surface area contributed by atoms with Gasteiger partial charge in [0.15, 0.2) is 0 Å². The molecular weight excluding hydrogens is 564 g/mol. The van der Waals surface area contributed by atoms with Crippen LogP contribution in [0.15, 0.2) is 77.1 Å². The third-order valence-corrected chi connectivity index (χ3v) is 7.00. The highest BCUT2D eigenvalue weighted by Crippen LogP contribution is 2.33. The zero-order chi connectivity index (χ0) is 31.4. The van der Waals surface area contributed by atoms with Crippen molar-refractivity contribution in [1.82, 2.24) is 10.3 Å². The Morgan fingerprint density at radius 3 is 2.35 bits per heavy atom. The summed E-state index contributed by atoms with van der Waals surface area (Å²) in [5.41, 5.74) is 14.6. The van der Waals surface area contributed by atoms with Crippen molar-refractivity contribution in [2.75, 3.05) is 24.1 Å². The van der Waals surface area contributed by atoms with E-state index in [1.54, 1.807) is 49.7 Å². The van der Waals surface area contributed by atoms with Crippen molar-refractivity contribution < 1.29 is 19.5 Å². The van der Waals surface area contributed by atoms with E-state index in [0.29, 0.717) is 53.3 Å². The summed E-state index contributed by atoms with van der Waals surface area (Å²) in [5, 5.41) is 18.2. The van der Waals surface area contributed by atoms with Gasteiger partial charge in [0, 0.05) is 58.3 Å². The lowest BCUT2D eigenvalue weighted by molar-refractivity contribution is -0.106. The Bertz CT molecular complexity index is 1560. The summed E-state index contributed by atoms with van der Waals surface area (Å²) in [6.07, 6.45) is 2.39. The van der Waals surface area contributed by atoms with Crippen LogP contribution in [0.1, 0.15) is 53.6 Å². The summed E-state index contributed by atoms with van der Waals surface area (Å²) in [7, 11) is 0. The second-order valence-electron chi connectivity index (χ2n) is 10.1. The number of thiazole rings is 1. The van der Waals surface area contributed by atoms with Gasteiger partial charge in [0.25, 0.3) is 11.8 Å². The number of primary amides is 1. The molecule has 11 heteroatoms. The van der Waals surface area contributed by atoms with Crippen molar-refractivity contribution in [2.45, 2.75) is 32.8 Å². The predicted octanol–water partition coefficient (Wildman–Crippen LogP) is 4.74. The molecule has 0 radical (unpaired) electrons. The van der Waals surface area contributed by atoms with Gasteiger partial charge in [-0.3, -0.25) is 19.4 Å². The van der Waals surface area contributed by atoms with Gasteiger partial charge in [-0.05, 0) is 57.0 Å². The van der Waals surface area contributed by atoms with Crippen LogP contribution in [0, 0.1) is 0 Å². The molecule has 3 aromatic carbocycles. The number of anilines is 2. The standard InChI is InChI=1S/C31H33N5O3S.CH3NO/c1-4-34-28(37)21-12-10-20(11-13-21)24-17-25(32)23(18-33-15-14-31(2,3)39)16-26(24)35-29(38)27-19-40-30(36-27)22-8-6-5-7-9-22;2-1-3/h5-13,16-19,39H,4,14-15,32H2,1-3H3,(H,34,37)(H,35,38);1H,(H2,2,3). The van der Waals surface area contributed by atoms with E-state index >= 15 is 0 Å². The van der Waals surface area contributed by atoms with Gasteiger partial charge < -0.3 is 27.2 Å². The van der Waals surface area contributed by atoms with Gasteiger partial charge >= 0.3 is 0 Å². The molecule has 4 aromatic rings. The van der Waals surface area contributed by atoms with Crippen molar-refractivity contribution in [2.24, 2.45) is 10.7 Å². The molecular formula is C32H36N6O4S. The largest absolute Gasteiger partial charge is 0.398 e. The number of nitrogens with one attached hydrogen (secondary N) is 2. The van der Waals surface area contributed by atoms with E-state index in [1.165, 1.54) is 11.3 Å². The molecule has 224 valence electrons. The van der Waals surface area contributed by atoms with E-state index in [0.717, 1.165) is 16.1 Å². The molecule has 0 aliphatic heterocycles. The minimum atomic E-state index is -0.821. The first-order chi connectivity index (χ1) is 20.6. The lowest BCUT2D eigenvalue weighted by atomic mass is 9.98. The average Bonchev–Trinajstić information content (AvgIpc) is 3.48. The molecule has 3 amide bonds. The predicted molar refractivity (Wildman–Crippen MR) is 173 cm³/mol. The Morgan fingerprint density at radius 1 is 1.05 bits per heavy atom. The maximum Gasteiger partial charge on any atom is 0.275 e. The Balaban J connectivity index is 0.00000162. The molecule has 0 saturated carbocycles. The summed E-state index contributed by atoms with van der Waals surface area (Å²) in [5.74, 6) is -0.509. The maximum absolute atomic E-state index is 13.3. The molecule has 7 N–H and O–H groups in total. The zero-order valence-electron chi connectivity index (χ0n) is 24.3. The second kappa shape index (κ2) is 15.4. The molecule has 43 heavy (non-hydrogen) atoms. The average molecular weight is 601 g/mol.